The van der Waals surface area contributed by atoms with Crippen LogP contribution in [0.15, 0.2) is 52.4 Å². The monoisotopic (exact) mass is 425 g/mol. The Hall–Kier alpha value is -3.35. The van der Waals surface area contributed by atoms with Gasteiger partial charge in [0.25, 0.3) is 5.91 Å². The number of aromatic amines is 1. The van der Waals surface area contributed by atoms with E-state index in [1.54, 1.807) is 43.6 Å². The van der Waals surface area contributed by atoms with Crippen molar-refractivity contribution in [3.8, 4) is 0 Å². The van der Waals surface area contributed by atoms with E-state index in [4.69, 9.17) is 4.42 Å². The number of aliphatic hydroxyl groups is 1. The number of carbonyl (C=O) groups is 2. The minimum Gasteiger partial charge on any atom is -0.503 e. The zero-order valence-corrected chi connectivity index (χ0v) is 19.0. The molecule has 1 atom stereocenters. The molecule has 31 heavy (non-hydrogen) atoms. The summed E-state index contributed by atoms with van der Waals surface area (Å²) in [5.41, 5.74) is 2.14. The van der Waals surface area contributed by atoms with Crippen molar-refractivity contribution >= 4 is 28.4 Å². The summed E-state index contributed by atoms with van der Waals surface area (Å²) >= 11 is 0. The average Bonchev–Trinajstić information content (AvgIpc) is 3.49. The molecule has 7 nitrogen and oxygen atoms in total. The third kappa shape index (κ3) is 4.55. The molecule has 3 aromatic rings. The van der Waals surface area contributed by atoms with Crippen LogP contribution in [-0.2, 0) is 9.59 Å². The number of nitrogens with zero attached hydrogens (tertiary/aromatic N) is 2. The fraction of sp³-hybridized carbons (Fsp3) is 0.375. The molecule has 0 spiro atoms. The van der Waals surface area contributed by atoms with Gasteiger partial charge in [0.05, 0.1) is 22.9 Å². The molecule has 0 saturated carbocycles. The number of ketones is 1. The van der Waals surface area contributed by atoms with Gasteiger partial charge in [0, 0.05) is 12.1 Å². The highest BCUT2D eigenvalue weighted by molar-refractivity contribution is 6.16. The van der Waals surface area contributed by atoms with Gasteiger partial charge in [-0.05, 0) is 43.7 Å². The lowest BCUT2D eigenvalue weighted by atomic mass is 9.98. The van der Waals surface area contributed by atoms with Crippen LogP contribution in [0.5, 0.6) is 0 Å². The number of H-pyrrole nitrogens is 1. The number of aryl methyl sites for hydroxylation is 1. The Morgan fingerprint density at radius 3 is 2.52 bits per heavy atom. The van der Waals surface area contributed by atoms with Crippen LogP contribution in [0, 0.1) is 6.92 Å². The van der Waals surface area contributed by atoms with Gasteiger partial charge >= 0.3 is 0 Å². The Morgan fingerprint density at radius 2 is 1.90 bits per heavy atom. The maximum Gasteiger partial charge on any atom is 0.294 e. The fourth-order valence-corrected chi connectivity index (χ4v) is 3.46. The zero-order valence-electron chi connectivity index (χ0n) is 19.0. The topological polar surface area (TPSA) is 99.4 Å². The number of imidazole rings is 1. The lowest BCUT2D eigenvalue weighted by Gasteiger charge is -2.25. The van der Waals surface area contributed by atoms with Gasteiger partial charge in [0.15, 0.2) is 11.5 Å². The third-order valence-electron chi connectivity index (χ3n) is 4.70. The van der Waals surface area contributed by atoms with Crippen LogP contribution in [-0.4, -0.2) is 26.8 Å². The molecule has 0 aliphatic carbocycles. The van der Waals surface area contributed by atoms with Crippen LogP contribution in [0.4, 0.5) is 5.69 Å². The molecule has 1 aromatic carbocycles. The average molecular weight is 426 g/mol. The zero-order chi connectivity index (χ0) is 23.1. The number of fused-ring (bicyclic) bond motifs is 1. The van der Waals surface area contributed by atoms with E-state index < -0.39 is 17.7 Å². The maximum atomic E-state index is 12.9. The molecule has 1 amide bonds. The summed E-state index contributed by atoms with van der Waals surface area (Å²) in [5, 5.41) is 10.5. The van der Waals surface area contributed by atoms with E-state index in [9.17, 15) is 14.7 Å². The second-order valence-corrected chi connectivity index (χ2v) is 6.57. The Balaban J connectivity index is 0.000000807. The van der Waals surface area contributed by atoms with Crippen LogP contribution in [0.3, 0.4) is 0 Å². The standard InChI is InChI=1S/C20H19N3O4.2C2H6/c1-3-4-15(24)17-18(16-8-5-11(2)27-16)23(20(26)19(17)25)12-6-7-13-14(9-12)22-10-21-13;2*1-2/h5-10,18,25H,3-4H2,1-2H3,(H,21,22);2*1-2H3. The quantitative estimate of drug-likeness (QED) is 0.539. The van der Waals surface area contributed by atoms with Crippen molar-refractivity contribution in [2.24, 2.45) is 0 Å². The predicted molar refractivity (Wildman–Crippen MR) is 122 cm³/mol. The first-order chi connectivity index (χ1) is 15.0. The van der Waals surface area contributed by atoms with Gasteiger partial charge in [-0.15, -0.1) is 0 Å². The molecule has 2 aromatic heterocycles. The number of hydrogen-bond donors (Lipinski definition) is 2. The summed E-state index contributed by atoms with van der Waals surface area (Å²) < 4.78 is 5.74. The van der Waals surface area contributed by atoms with Crippen LogP contribution >= 0.6 is 0 Å². The summed E-state index contributed by atoms with van der Waals surface area (Å²) in [5.74, 6) is -0.290. The van der Waals surface area contributed by atoms with E-state index in [-0.39, 0.29) is 17.8 Å². The Morgan fingerprint density at radius 1 is 1.19 bits per heavy atom. The van der Waals surface area contributed by atoms with E-state index in [1.807, 2.05) is 34.6 Å². The second kappa shape index (κ2) is 10.6. The summed E-state index contributed by atoms with van der Waals surface area (Å²) in [6.07, 6.45) is 2.43. The van der Waals surface area contributed by atoms with Gasteiger partial charge < -0.3 is 14.5 Å². The van der Waals surface area contributed by atoms with Crippen LogP contribution in [0.1, 0.15) is 65.0 Å². The van der Waals surface area contributed by atoms with Crippen molar-refractivity contribution in [2.75, 3.05) is 4.90 Å². The van der Waals surface area contributed by atoms with Crippen molar-refractivity contribution in [1.82, 2.24) is 9.97 Å². The summed E-state index contributed by atoms with van der Waals surface area (Å²) in [4.78, 5) is 34.2. The number of carbonyl (C=O) groups excluding carboxylic acids is 2. The number of hydrogen-bond acceptors (Lipinski definition) is 5. The number of aromatic nitrogens is 2. The molecular weight excluding hydrogens is 394 g/mol. The summed E-state index contributed by atoms with van der Waals surface area (Å²) in [7, 11) is 0. The van der Waals surface area contributed by atoms with Crippen molar-refractivity contribution in [3.05, 3.63) is 59.5 Å². The van der Waals surface area contributed by atoms with Gasteiger partial charge in [0.2, 0.25) is 0 Å². The van der Waals surface area contributed by atoms with Gasteiger partial charge in [-0.1, -0.05) is 34.6 Å². The molecule has 1 aliphatic heterocycles. The minimum atomic E-state index is -0.800. The Bertz CT molecular complexity index is 1080. The molecule has 3 heterocycles. The molecule has 7 heteroatoms. The largest absolute Gasteiger partial charge is 0.503 e. The van der Waals surface area contributed by atoms with Gasteiger partial charge in [0.1, 0.15) is 17.6 Å². The van der Waals surface area contributed by atoms with E-state index in [1.165, 1.54) is 4.90 Å². The first-order valence-corrected chi connectivity index (χ1v) is 10.8. The van der Waals surface area contributed by atoms with E-state index in [0.29, 0.717) is 23.6 Å². The Kier molecular flexibility index (Phi) is 8.19. The van der Waals surface area contributed by atoms with E-state index in [0.717, 1.165) is 11.0 Å². The highest BCUT2D eigenvalue weighted by Gasteiger charge is 2.45. The van der Waals surface area contributed by atoms with Crippen LogP contribution in [0.2, 0.25) is 0 Å². The number of anilines is 1. The normalized spacial score (nSPS) is 15.5. The van der Waals surface area contributed by atoms with Crippen LogP contribution < -0.4 is 4.90 Å². The minimum absolute atomic E-state index is 0.0842. The van der Waals surface area contributed by atoms with Gasteiger partial charge in [-0.25, -0.2) is 4.98 Å². The number of furan rings is 1. The molecule has 0 bridgehead atoms. The van der Waals surface area contributed by atoms with Crippen molar-refractivity contribution in [2.45, 2.75) is 60.4 Å². The summed E-state index contributed by atoms with van der Waals surface area (Å²) in [6.45, 7) is 11.7. The third-order valence-corrected chi connectivity index (χ3v) is 4.70. The number of aliphatic hydroxyl groups excluding tert-OH is 1. The first-order valence-electron chi connectivity index (χ1n) is 10.8. The van der Waals surface area contributed by atoms with Crippen molar-refractivity contribution in [3.63, 3.8) is 0 Å². The highest BCUT2D eigenvalue weighted by Crippen LogP contribution is 2.42. The number of rotatable bonds is 5. The molecule has 166 valence electrons. The maximum absolute atomic E-state index is 12.9. The van der Waals surface area contributed by atoms with Gasteiger partial charge in [-0.2, -0.15) is 0 Å². The second-order valence-electron chi connectivity index (χ2n) is 6.57. The summed E-state index contributed by atoms with van der Waals surface area (Å²) in [6, 6.07) is 7.99. The first kappa shape index (κ1) is 23.9. The van der Waals surface area contributed by atoms with E-state index >= 15 is 0 Å². The van der Waals surface area contributed by atoms with Crippen molar-refractivity contribution < 1.29 is 19.1 Å². The predicted octanol–water partition coefficient (Wildman–Crippen LogP) is 5.79. The highest BCUT2D eigenvalue weighted by atomic mass is 16.3. The van der Waals surface area contributed by atoms with E-state index in [2.05, 4.69) is 9.97 Å². The molecule has 2 N–H and O–H groups in total. The molecule has 1 aliphatic rings. The molecule has 4 rings (SSSR count). The molecule has 0 saturated heterocycles. The van der Waals surface area contributed by atoms with Gasteiger partial charge in [-0.3, -0.25) is 14.5 Å². The smallest absolute Gasteiger partial charge is 0.294 e. The fourth-order valence-electron chi connectivity index (χ4n) is 3.46. The molecule has 0 radical (unpaired) electrons. The SMILES string of the molecule is CC.CC.CCCC(=O)C1=C(O)C(=O)N(c2ccc3nc[nH]c3c2)C1c1ccc(C)o1. The molecule has 0 fully saturated rings. The number of benzene rings is 1. The van der Waals surface area contributed by atoms with Crippen molar-refractivity contribution in [1.29, 1.82) is 0 Å². The number of amides is 1. The number of Topliss-reactive ketones (excluding diaryl/α,β-unsaturated/α-hetero) is 1. The molecular formula is C24H31N3O4. The molecule has 1 unspecified atom stereocenters. The lowest BCUT2D eigenvalue weighted by molar-refractivity contribution is -0.118. The van der Waals surface area contributed by atoms with Crippen LogP contribution in [0.25, 0.3) is 11.0 Å². The number of nitrogens with one attached hydrogen (secondary N) is 1. The lowest BCUT2D eigenvalue weighted by Crippen LogP contribution is -2.30. The Labute approximate surface area is 182 Å².